The number of halogens is 1. The van der Waals surface area contributed by atoms with Crippen molar-refractivity contribution < 1.29 is 14.3 Å². The second-order valence-corrected chi connectivity index (χ2v) is 8.63. The van der Waals surface area contributed by atoms with Crippen molar-refractivity contribution in [2.24, 2.45) is 0 Å². The summed E-state index contributed by atoms with van der Waals surface area (Å²) in [6, 6.07) is 22.9. The molecule has 33 heavy (non-hydrogen) atoms. The molecule has 2 amide bonds. The first kappa shape index (κ1) is 21.3. The fourth-order valence-electron chi connectivity index (χ4n) is 4.30. The average Bonchev–Trinajstić information content (AvgIpc) is 2.86. The predicted octanol–water partition coefficient (Wildman–Crippen LogP) is 4.23. The summed E-state index contributed by atoms with van der Waals surface area (Å²) >= 11 is 6.12. The van der Waals surface area contributed by atoms with Gasteiger partial charge in [0.1, 0.15) is 5.75 Å². The molecule has 0 bridgehead atoms. The van der Waals surface area contributed by atoms with Gasteiger partial charge in [0.2, 0.25) is 0 Å². The lowest BCUT2D eigenvalue weighted by Crippen LogP contribution is -2.48. The van der Waals surface area contributed by atoms with Gasteiger partial charge in [-0.3, -0.25) is 9.59 Å². The van der Waals surface area contributed by atoms with Gasteiger partial charge in [-0.25, -0.2) is 0 Å². The van der Waals surface area contributed by atoms with Gasteiger partial charge in [0.05, 0.1) is 12.2 Å². The van der Waals surface area contributed by atoms with Crippen LogP contribution >= 0.6 is 11.6 Å². The maximum Gasteiger partial charge on any atom is 0.265 e. The van der Waals surface area contributed by atoms with Gasteiger partial charge in [0.15, 0.2) is 6.61 Å². The summed E-state index contributed by atoms with van der Waals surface area (Å²) in [6.45, 7) is 3.14. The van der Waals surface area contributed by atoms with Crippen molar-refractivity contribution in [3.05, 3.63) is 88.9 Å². The first-order valence-electron chi connectivity index (χ1n) is 11.0. The number of amides is 2. The van der Waals surface area contributed by atoms with Crippen molar-refractivity contribution in [1.29, 1.82) is 0 Å². The van der Waals surface area contributed by atoms with Gasteiger partial charge in [-0.15, -0.1) is 0 Å². The van der Waals surface area contributed by atoms with Crippen LogP contribution in [0.1, 0.15) is 15.9 Å². The Hall–Kier alpha value is -3.51. The van der Waals surface area contributed by atoms with Gasteiger partial charge in [-0.05, 0) is 42.0 Å². The number of carbonyl (C=O) groups excluding carboxylic acids is 2. The van der Waals surface area contributed by atoms with Crippen molar-refractivity contribution >= 4 is 34.8 Å². The van der Waals surface area contributed by atoms with Crippen LogP contribution in [0.25, 0.3) is 0 Å². The van der Waals surface area contributed by atoms with E-state index in [1.54, 1.807) is 23.1 Å². The second kappa shape index (κ2) is 9.16. The molecule has 0 saturated carbocycles. The largest absolute Gasteiger partial charge is 0.482 e. The molecule has 0 aliphatic carbocycles. The number of carbonyl (C=O) groups is 2. The van der Waals surface area contributed by atoms with Gasteiger partial charge in [-0.2, -0.15) is 0 Å². The first-order valence-corrected chi connectivity index (χ1v) is 11.4. The average molecular weight is 462 g/mol. The van der Waals surface area contributed by atoms with Crippen LogP contribution in [0.2, 0.25) is 5.02 Å². The minimum atomic E-state index is -0.119. The summed E-state index contributed by atoms with van der Waals surface area (Å²) in [5.74, 6) is 0.458. The fourth-order valence-corrected chi connectivity index (χ4v) is 4.48. The Morgan fingerprint density at radius 3 is 2.45 bits per heavy atom. The lowest BCUT2D eigenvalue weighted by atomic mass is 10.1. The number of hydrogen-bond acceptors (Lipinski definition) is 4. The fraction of sp³-hybridized carbons (Fsp3) is 0.231. The topological polar surface area (TPSA) is 53.1 Å². The maximum absolute atomic E-state index is 13.3. The van der Waals surface area contributed by atoms with Gasteiger partial charge >= 0.3 is 0 Å². The van der Waals surface area contributed by atoms with Gasteiger partial charge < -0.3 is 19.4 Å². The summed E-state index contributed by atoms with van der Waals surface area (Å²) in [5.41, 5.74) is 3.28. The zero-order valence-corrected chi connectivity index (χ0v) is 18.9. The van der Waals surface area contributed by atoms with Crippen molar-refractivity contribution in [2.75, 3.05) is 42.6 Å². The lowest BCUT2D eigenvalue weighted by molar-refractivity contribution is -0.121. The van der Waals surface area contributed by atoms with Crippen molar-refractivity contribution in [3.63, 3.8) is 0 Å². The minimum absolute atomic E-state index is 0.00140. The third-order valence-electron chi connectivity index (χ3n) is 6.07. The summed E-state index contributed by atoms with van der Waals surface area (Å²) in [5, 5.41) is 0.705. The summed E-state index contributed by atoms with van der Waals surface area (Å²) in [7, 11) is 0. The SMILES string of the molecule is O=C(c1ccc2c(c1)N(Cc1ccccc1)C(=O)CO2)N1CCN(c2cccc(Cl)c2)CC1. The molecule has 168 valence electrons. The quantitative estimate of drug-likeness (QED) is 0.583. The molecule has 3 aromatic carbocycles. The summed E-state index contributed by atoms with van der Waals surface area (Å²) in [6.07, 6.45) is 0. The van der Waals surface area contributed by atoms with Crippen molar-refractivity contribution in [1.82, 2.24) is 4.90 Å². The molecule has 0 spiro atoms. The lowest BCUT2D eigenvalue weighted by Gasteiger charge is -2.36. The second-order valence-electron chi connectivity index (χ2n) is 8.20. The number of benzene rings is 3. The van der Waals surface area contributed by atoms with Gasteiger partial charge in [0.25, 0.3) is 11.8 Å². The molecule has 2 heterocycles. The van der Waals surface area contributed by atoms with Crippen molar-refractivity contribution in [2.45, 2.75) is 6.54 Å². The van der Waals surface area contributed by atoms with Crippen molar-refractivity contribution in [3.8, 4) is 5.75 Å². The highest BCUT2D eigenvalue weighted by molar-refractivity contribution is 6.30. The summed E-state index contributed by atoms with van der Waals surface area (Å²) in [4.78, 5) is 31.7. The van der Waals surface area contributed by atoms with Crippen LogP contribution in [0.4, 0.5) is 11.4 Å². The maximum atomic E-state index is 13.3. The highest BCUT2D eigenvalue weighted by Gasteiger charge is 2.28. The number of rotatable bonds is 4. The number of anilines is 2. The van der Waals surface area contributed by atoms with Crippen LogP contribution in [-0.4, -0.2) is 49.5 Å². The van der Waals surface area contributed by atoms with E-state index in [0.29, 0.717) is 41.7 Å². The van der Waals surface area contributed by atoms with E-state index in [2.05, 4.69) is 4.90 Å². The molecule has 2 aliphatic rings. The van der Waals surface area contributed by atoms with Crippen LogP contribution in [0, 0.1) is 0 Å². The van der Waals surface area contributed by atoms with E-state index in [1.807, 2.05) is 59.5 Å². The number of hydrogen-bond donors (Lipinski definition) is 0. The van der Waals surface area contributed by atoms with E-state index < -0.39 is 0 Å². The van der Waals surface area contributed by atoms with Crippen LogP contribution in [0.5, 0.6) is 5.75 Å². The smallest absolute Gasteiger partial charge is 0.265 e. The Balaban J connectivity index is 1.32. The number of nitrogens with zero attached hydrogens (tertiary/aromatic N) is 3. The van der Waals surface area contributed by atoms with Crippen LogP contribution < -0.4 is 14.5 Å². The van der Waals surface area contributed by atoms with Crippen LogP contribution in [0.3, 0.4) is 0 Å². The predicted molar refractivity (Wildman–Crippen MR) is 129 cm³/mol. The Bertz CT molecular complexity index is 1180. The highest BCUT2D eigenvalue weighted by atomic mass is 35.5. The van der Waals surface area contributed by atoms with Crippen LogP contribution in [-0.2, 0) is 11.3 Å². The molecule has 1 saturated heterocycles. The molecule has 7 heteroatoms. The Morgan fingerprint density at radius 2 is 1.70 bits per heavy atom. The zero-order chi connectivity index (χ0) is 22.8. The van der Waals surface area contributed by atoms with E-state index in [9.17, 15) is 9.59 Å². The van der Waals surface area contributed by atoms with Crippen LogP contribution in [0.15, 0.2) is 72.8 Å². The zero-order valence-electron chi connectivity index (χ0n) is 18.1. The molecule has 0 atom stereocenters. The molecule has 0 radical (unpaired) electrons. The third kappa shape index (κ3) is 4.52. The first-order chi connectivity index (χ1) is 16.1. The molecule has 2 aliphatic heterocycles. The Labute approximate surface area is 197 Å². The standard InChI is InChI=1S/C26H24ClN3O3/c27-21-7-4-8-22(16-21)28-11-13-29(14-12-28)26(32)20-9-10-24-23(15-20)30(25(31)18-33-24)17-19-5-2-1-3-6-19/h1-10,15-16H,11-14,17-18H2. The molecule has 0 unspecified atom stereocenters. The molecule has 5 rings (SSSR count). The highest BCUT2D eigenvalue weighted by Crippen LogP contribution is 2.34. The molecule has 0 N–H and O–H groups in total. The monoisotopic (exact) mass is 461 g/mol. The summed E-state index contributed by atoms with van der Waals surface area (Å²) < 4.78 is 5.62. The number of piperazine rings is 1. The van der Waals surface area contributed by atoms with E-state index in [4.69, 9.17) is 16.3 Å². The van der Waals surface area contributed by atoms with E-state index in [-0.39, 0.29) is 18.4 Å². The normalized spacial score (nSPS) is 15.8. The van der Waals surface area contributed by atoms with Gasteiger partial charge in [-0.1, -0.05) is 48.0 Å². The molecular formula is C26H24ClN3O3. The van der Waals surface area contributed by atoms with Gasteiger partial charge in [0, 0.05) is 42.5 Å². The Morgan fingerprint density at radius 1 is 0.909 bits per heavy atom. The molecule has 1 fully saturated rings. The van der Waals surface area contributed by atoms with E-state index in [1.165, 1.54) is 0 Å². The molecule has 0 aromatic heterocycles. The third-order valence-corrected chi connectivity index (χ3v) is 6.31. The Kier molecular flexibility index (Phi) is 5.92. The minimum Gasteiger partial charge on any atom is -0.482 e. The molecular weight excluding hydrogens is 438 g/mol. The number of ether oxygens (including phenoxy) is 1. The number of fused-ring (bicyclic) bond motifs is 1. The van der Waals surface area contributed by atoms with E-state index >= 15 is 0 Å². The molecule has 6 nitrogen and oxygen atoms in total. The molecule has 3 aromatic rings. The van der Waals surface area contributed by atoms with E-state index in [0.717, 1.165) is 24.3 Å².